The molecule has 0 fully saturated rings. The van der Waals surface area contributed by atoms with Crippen LogP contribution in [0.25, 0.3) is 11.3 Å². The lowest BCUT2D eigenvalue weighted by molar-refractivity contribution is 0.0525. The van der Waals surface area contributed by atoms with Gasteiger partial charge in [-0.05, 0) is 18.1 Å². The van der Waals surface area contributed by atoms with Crippen LogP contribution >= 0.6 is 0 Å². The molecule has 0 saturated heterocycles. The molecule has 0 amide bonds. The maximum atomic E-state index is 12.9. The highest BCUT2D eigenvalue weighted by Crippen LogP contribution is 2.48. The van der Waals surface area contributed by atoms with Crippen LogP contribution < -0.4 is 0 Å². The van der Waals surface area contributed by atoms with E-state index in [9.17, 15) is 9.50 Å². The second kappa shape index (κ2) is 5.01. The zero-order valence-electron chi connectivity index (χ0n) is 13.0. The number of alkyl halides is 1. The number of imidazole rings is 1. The Morgan fingerprint density at radius 2 is 2.17 bits per heavy atom. The van der Waals surface area contributed by atoms with Crippen LogP contribution in [0.4, 0.5) is 4.39 Å². The van der Waals surface area contributed by atoms with E-state index in [0.717, 1.165) is 12.1 Å². The number of rotatable bonds is 2. The summed E-state index contributed by atoms with van der Waals surface area (Å²) in [5.74, 6) is 0.0123. The number of benzene rings is 1. The summed E-state index contributed by atoms with van der Waals surface area (Å²) in [6.45, 7) is 0.0923. The van der Waals surface area contributed by atoms with Crippen molar-refractivity contribution >= 4 is 0 Å². The maximum Gasteiger partial charge on any atom is 0.133 e. The molecule has 0 radical (unpaired) electrons. The molecule has 0 aliphatic carbocycles. The molecule has 122 valence electrons. The first-order valence-corrected chi connectivity index (χ1v) is 8.19. The minimum atomic E-state index is -0.669. The van der Waals surface area contributed by atoms with Crippen molar-refractivity contribution in [2.24, 2.45) is 5.92 Å². The lowest BCUT2D eigenvalue weighted by atomic mass is 9.83. The minimum absolute atomic E-state index is 0.0123. The van der Waals surface area contributed by atoms with E-state index in [-0.39, 0.29) is 12.0 Å². The summed E-state index contributed by atoms with van der Waals surface area (Å²) in [4.78, 5) is 4.29. The van der Waals surface area contributed by atoms with Gasteiger partial charge in [0.25, 0.3) is 0 Å². The van der Waals surface area contributed by atoms with E-state index in [4.69, 9.17) is 0 Å². The van der Waals surface area contributed by atoms with Gasteiger partial charge in [0.2, 0.25) is 0 Å². The van der Waals surface area contributed by atoms with Crippen molar-refractivity contribution in [3.8, 4) is 11.3 Å². The first kappa shape index (κ1) is 13.9. The van der Waals surface area contributed by atoms with E-state index in [1.165, 1.54) is 11.1 Å². The van der Waals surface area contributed by atoms with Crippen molar-refractivity contribution < 1.29 is 9.50 Å². The van der Waals surface area contributed by atoms with Crippen LogP contribution in [0.15, 0.2) is 42.9 Å². The van der Waals surface area contributed by atoms with Gasteiger partial charge in [-0.2, -0.15) is 5.10 Å². The topological polar surface area (TPSA) is 55.9 Å². The molecule has 2 aliphatic heterocycles. The lowest BCUT2D eigenvalue weighted by Gasteiger charge is -2.34. The second-order valence-corrected chi connectivity index (χ2v) is 6.53. The van der Waals surface area contributed by atoms with Gasteiger partial charge in [0, 0.05) is 18.0 Å². The van der Waals surface area contributed by atoms with Crippen LogP contribution in [0.2, 0.25) is 0 Å². The van der Waals surface area contributed by atoms with Crippen LogP contribution in [0.1, 0.15) is 35.5 Å². The summed E-state index contributed by atoms with van der Waals surface area (Å²) in [5, 5.41) is 15.2. The summed E-state index contributed by atoms with van der Waals surface area (Å²) in [5.41, 5.74) is 4.59. The SMILES string of the molecule is O[C@H]1c2cc(CF)nn2CC[C@@H]1[C@@H]1c2ccccc2-c2cncn21. The van der Waals surface area contributed by atoms with E-state index in [1.807, 2.05) is 24.7 Å². The maximum absolute atomic E-state index is 12.9. The monoisotopic (exact) mass is 324 g/mol. The van der Waals surface area contributed by atoms with Gasteiger partial charge in [-0.15, -0.1) is 0 Å². The standard InChI is InChI=1S/C18H17FN4O/c19-8-11-7-15-18(24)14(5-6-23(15)21-11)17-13-4-2-1-3-12(13)16-9-20-10-22(16)17/h1-4,7,9-10,14,17-18,24H,5-6,8H2/t14-,17+,18-/m1/s1. The fraction of sp³-hybridized carbons (Fsp3) is 0.333. The van der Waals surface area contributed by atoms with Crippen molar-refractivity contribution in [1.29, 1.82) is 0 Å². The normalized spacial score (nSPS) is 24.5. The van der Waals surface area contributed by atoms with Gasteiger partial charge in [0.15, 0.2) is 0 Å². The summed E-state index contributed by atoms with van der Waals surface area (Å²) in [6, 6.07) is 10.0. The van der Waals surface area contributed by atoms with Crippen LogP contribution in [0.3, 0.4) is 0 Å². The van der Waals surface area contributed by atoms with Crippen molar-refractivity contribution in [3.05, 3.63) is 59.8 Å². The highest BCUT2D eigenvalue weighted by molar-refractivity contribution is 5.69. The number of aryl methyl sites for hydroxylation is 1. The fourth-order valence-corrected chi connectivity index (χ4v) is 4.26. The summed E-state index contributed by atoms with van der Waals surface area (Å²) < 4.78 is 16.8. The zero-order chi connectivity index (χ0) is 16.3. The molecule has 0 unspecified atom stereocenters. The molecule has 0 saturated carbocycles. The molecule has 0 bridgehead atoms. The fourth-order valence-electron chi connectivity index (χ4n) is 4.26. The first-order chi connectivity index (χ1) is 11.8. The first-order valence-electron chi connectivity index (χ1n) is 8.19. The Morgan fingerprint density at radius 1 is 1.29 bits per heavy atom. The van der Waals surface area contributed by atoms with Crippen LogP contribution in [0, 0.1) is 5.92 Å². The van der Waals surface area contributed by atoms with Crippen molar-refractivity contribution in [2.45, 2.75) is 31.8 Å². The summed E-state index contributed by atoms with van der Waals surface area (Å²) in [7, 11) is 0. The Hall–Kier alpha value is -2.47. The number of aliphatic hydroxyl groups is 1. The predicted molar refractivity (Wildman–Crippen MR) is 85.9 cm³/mol. The average molecular weight is 324 g/mol. The Labute approximate surface area is 138 Å². The Bertz CT molecular complexity index is 915. The smallest absolute Gasteiger partial charge is 0.133 e. The molecule has 1 N–H and O–H groups in total. The van der Waals surface area contributed by atoms with E-state index >= 15 is 0 Å². The zero-order valence-corrected chi connectivity index (χ0v) is 13.0. The molecule has 5 nitrogen and oxygen atoms in total. The predicted octanol–water partition coefficient (Wildman–Crippen LogP) is 2.87. The van der Waals surface area contributed by atoms with Gasteiger partial charge < -0.3 is 9.67 Å². The quantitative estimate of drug-likeness (QED) is 0.788. The molecular weight excluding hydrogens is 307 g/mol. The van der Waals surface area contributed by atoms with Gasteiger partial charge in [-0.1, -0.05) is 24.3 Å². The Morgan fingerprint density at radius 3 is 3.04 bits per heavy atom. The summed E-state index contributed by atoms with van der Waals surface area (Å²) in [6.07, 6.45) is 3.83. The number of fused-ring (bicyclic) bond motifs is 4. The lowest BCUT2D eigenvalue weighted by Crippen LogP contribution is -2.31. The highest BCUT2D eigenvalue weighted by Gasteiger charge is 2.41. The van der Waals surface area contributed by atoms with Gasteiger partial charge in [-0.3, -0.25) is 4.68 Å². The molecule has 2 aliphatic rings. The summed E-state index contributed by atoms with van der Waals surface area (Å²) >= 11 is 0. The third-order valence-corrected chi connectivity index (χ3v) is 5.31. The number of nitrogens with zero attached hydrogens (tertiary/aromatic N) is 4. The van der Waals surface area contributed by atoms with Crippen molar-refractivity contribution in [1.82, 2.24) is 19.3 Å². The number of hydrogen-bond acceptors (Lipinski definition) is 3. The molecule has 24 heavy (non-hydrogen) atoms. The molecular formula is C18H17FN4O. The minimum Gasteiger partial charge on any atom is -0.386 e. The van der Waals surface area contributed by atoms with E-state index in [1.54, 1.807) is 10.7 Å². The van der Waals surface area contributed by atoms with Crippen LogP contribution in [-0.2, 0) is 13.2 Å². The molecule has 3 aromatic rings. The van der Waals surface area contributed by atoms with E-state index < -0.39 is 12.8 Å². The van der Waals surface area contributed by atoms with Gasteiger partial charge in [0.05, 0.1) is 35.6 Å². The third kappa shape index (κ3) is 1.77. The van der Waals surface area contributed by atoms with E-state index in [0.29, 0.717) is 17.9 Å². The molecule has 5 rings (SSSR count). The average Bonchev–Trinajstić information content (AvgIpc) is 3.29. The van der Waals surface area contributed by atoms with Crippen LogP contribution in [0.5, 0.6) is 0 Å². The number of aliphatic hydroxyl groups excluding tert-OH is 1. The van der Waals surface area contributed by atoms with Crippen LogP contribution in [-0.4, -0.2) is 24.4 Å². The largest absolute Gasteiger partial charge is 0.386 e. The van der Waals surface area contributed by atoms with Crippen molar-refractivity contribution in [2.75, 3.05) is 0 Å². The van der Waals surface area contributed by atoms with Crippen molar-refractivity contribution in [3.63, 3.8) is 0 Å². The molecule has 2 aromatic heterocycles. The van der Waals surface area contributed by atoms with Gasteiger partial charge >= 0.3 is 0 Å². The van der Waals surface area contributed by atoms with Gasteiger partial charge in [-0.25, -0.2) is 9.37 Å². The number of halogens is 1. The number of hydrogen-bond donors (Lipinski definition) is 1. The Kier molecular flexibility index (Phi) is 2.91. The van der Waals surface area contributed by atoms with E-state index in [2.05, 4.69) is 26.8 Å². The Balaban J connectivity index is 1.60. The number of aromatic nitrogens is 4. The highest BCUT2D eigenvalue weighted by atomic mass is 19.1. The molecule has 6 heteroatoms. The molecule has 0 spiro atoms. The van der Waals surface area contributed by atoms with Gasteiger partial charge in [0.1, 0.15) is 12.8 Å². The molecule has 4 heterocycles. The second-order valence-electron chi connectivity index (χ2n) is 6.53. The third-order valence-electron chi connectivity index (χ3n) is 5.31. The molecule has 3 atom stereocenters. The molecule has 1 aromatic carbocycles.